The van der Waals surface area contributed by atoms with Gasteiger partial charge in [-0.05, 0) is 210 Å². The highest BCUT2D eigenvalue weighted by Crippen LogP contribution is 2.37. The highest BCUT2D eigenvalue weighted by atomic mass is 127. The average Bonchev–Trinajstić information content (AvgIpc) is 3.60. The van der Waals surface area contributed by atoms with Gasteiger partial charge in [-0.2, -0.15) is 0 Å². The van der Waals surface area contributed by atoms with Crippen LogP contribution in [-0.4, -0.2) is 0 Å². The second-order valence-corrected chi connectivity index (χ2v) is 29.2. The Kier molecular flexibility index (Phi) is 22.2. The lowest BCUT2D eigenvalue weighted by atomic mass is 10.1. The van der Waals surface area contributed by atoms with E-state index in [2.05, 4.69) is 384 Å². The standard InChI is InChI=1S/C22H17S.C18H14BrS.C18H14ClS.C18H14IS/c1-3-12-19(13-4-1)23(20-14-5-2-6-15-20)22-17-9-11-18-10-7-8-16-21(18)22;3*19-15-11-13-18(14-12-15)20(16-7-3-1-4-8-16)17-9-5-2-6-10-17/h1-17H;3*1-14H/q4*+1. The highest BCUT2D eigenvalue weighted by Gasteiger charge is 2.32. The van der Waals surface area contributed by atoms with E-state index in [0.717, 1.165) is 9.50 Å². The molecule has 0 atom stereocenters. The molecule has 13 aromatic carbocycles. The van der Waals surface area contributed by atoms with E-state index in [9.17, 15) is 0 Å². The van der Waals surface area contributed by atoms with Crippen LogP contribution in [0.5, 0.6) is 0 Å². The third-order valence-corrected chi connectivity index (χ3v) is 23.4. The zero-order chi connectivity index (χ0) is 56.8. The summed E-state index contributed by atoms with van der Waals surface area (Å²) in [6, 6.07) is 127. The summed E-state index contributed by atoms with van der Waals surface area (Å²) >= 11 is 11.9. The number of halogens is 3. The van der Waals surface area contributed by atoms with Crippen LogP contribution in [0.1, 0.15) is 0 Å². The van der Waals surface area contributed by atoms with Crippen LogP contribution in [0.2, 0.25) is 5.02 Å². The van der Waals surface area contributed by atoms with Crippen molar-refractivity contribution in [2.24, 2.45) is 0 Å². The van der Waals surface area contributed by atoms with Crippen LogP contribution >= 0.6 is 50.1 Å². The lowest BCUT2D eigenvalue weighted by molar-refractivity contribution is 1.31. The van der Waals surface area contributed by atoms with Crippen molar-refractivity contribution in [2.45, 2.75) is 58.7 Å². The van der Waals surface area contributed by atoms with Crippen LogP contribution in [0.15, 0.2) is 421 Å². The molecular formula is C76H59BrClIS4+4. The van der Waals surface area contributed by atoms with Crippen LogP contribution in [0, 0.1) is 3.57 Å². The van der Waals surface area contributed by atoms with Gasteiger partial charge in [0.1, 0.15) is 0 Å². The summed E-state index contributed by atoms with van der Waals surface area (Å²) in [5.41, 5.74) is 0. The van der Waals surface area contributed by atoms with Crippen molar-refractivity contribution in [2.75, 3.05) is 0 Å². The molecule has 13 rings (SSSR count). The molecule has 0 amide bonds. The molecule has 7 heteroatoms. The Hall–Kier alpha value is -6.98. The molecule has 0 radical (unpaired) electrons. The number of benzene rings is 13. The third kappa shape index (κ3) is 16.4. The van der Waals surface area contributed by atoms with Gasteiger partial charge >= 0.3 is 0 Å². The molecule has 0 fully saturated rings. The Morgan fingerprint density at radius 2 is 0.470 bits per heavy atom. The van der Waals surface area contributed by atoms with Crippen LogP contribution in [0.4, 0.5) is 0 Å². The molecule has 13 aromatic rings. The van der Waals surface area contributed by atoms with Gasteiger partial charge in [0.15, 0.2) is 58.7 Å². The largest absolute Gasteiger partial charge is 0.174 e. The number of hydrogen-bond donors (Lipinski definition) is 0. The first-order valence-electron chi connectivity index (χ1n) is 27.1. The van der Waals surface area contributed by atoms with Gasteiger partial charge in [-0.1, -0.05) is 203 Å². The SMILES string of the molecule is Brc1ccc([S+](c2ccccc2)c2ccccc2)cc1.Clc1ccc([S+](c2ccccc2)c2ccccc2)cc1.Ic1ccc([S+](c2ccccc2)c2ccccc2)cc1.c1ccc([S+](c2ccccc2)c2cccc3ccccc23)cc1. The molecule has 0 aliphatic heterocycles. The maximum atomic E-state index is 6.01. The van der Waals surface area contributed by atoms with Gasteiger partial charge < -0.3 is 0 Å². The Morgan fingerprint density at radius 3 is 0.795 bits per heavy atom. The molecular weight excluding hydrogens is 1280 g/mol. The summed E-state index contributed by atoms with van der Waals surface area (Å²) in [5, 5.41) is 3.42. The van der Waals surface area contributed by atoms with Gasteiger partial charge in [0.2, 0.25) is 0 Å². The van der Waals surface area contributed by atoms with Crippen molar-refractivity contribution in [3.8, 4) is 0 Å². The fourth-order valence-corrected chi connectivity index (χ4v) is 18.4. The van der Waals surface area contributed by atoms with E-state index in [0.29, 0.717) is 0 Å². The fraction of sp³-hybridized carbons (Fsp3) is 0. The lowest BCUT2D eigenvalue weighted by Crippen LogP contribution is -2.05. The molecule has 0 aromatic heterocycles. The van der Waals surface area contributed by atoms with Crippen molar-refractivity contribution in [1.82, 2.24) is 0 Å². The molecule has 0 N–H and O–H groups in total. The van der Waals surface area contributed by atoms with Crippen LogP contribution < -0.4 is 0 Å². The minimum Gasteiger partial charge on any atom is -0.0843 e. The van der Waals surface area contributed by atoms with Crippen molar-refractivity contribution < 1.29 is 0 Å². The van der Waals surface area contributed by atoms with Gasteiger partial charge in [-0.15, -0.1) is 0 Å². The molecule has 404 valence electrons. The maximum absolute atomic E-state index is 6.01. The average molecular weight is 1340 g/mol. The van der Waals surface area contributed by atoms with Crippen molar-refractivity contribution in [1.29, 1.82) is 0 Å². The minimum absolute atomic E-state index is 0.0262. The third-order valence-electron chi connectivity index (χ3n) is 12.9. The molecule has 0 heterocycles. The fourth-order valence-electron chi connectivity index (χ4n) is 9.15. The Balaban J connectivity index is 0.000000124. The molecule has 0 aliphatic rings. The van der Waals surface area contributed by atoms with Crippen molar-refractivity contribution in [3.63, 3.8) is 0 Å². The first kappa shape index (κ1) is 59.2. The second kappa shape index (κ2) is 31.1. The molecule has 0 spiro atoms. The van der Waals surface area contributed by atoms with Crippen LogP contribution in [0.3, 0.4) is 0 Å². The molecule has 0 aliphatic carbocycles. The number of hydrogen-bond acceptors (Lipinski definition) is 0. The quantitative estimate of drug-likeness (QED) is 0.0845. The Labute approximate surface area is 529 Å². The zero-order valence-electron chi connectivity index (χ0n) is 45.3. The summed E-state index contributed by atoms with van der Waals surface area (Å²) in [5.74, 6) is 0. The molecule has 0 bridgehead atoms. The molecule has 0 unspecified atom stereocenters. The van der Waals surface area contributed by atoms with Gasteiger partial charge in [0.25, 0.3) is 0 Å². The van der Waals surface area contributed by atoms with Crippen molar-refractivity contribution in [3.05, 3.63) is 371 Å². The zero-order valence-corrected chi connectivity index (χ0v) is 53.1. The van der Waals surface area contributed by atoms with E-state index < -0.39 is 0 Å². The summed E-state index contributed by atoms with van der Waals surface area (Å²) in [6.07, 6.45) is 0. The molecule has 83 heavy (non-hydrogen) atoms. The summed E-state index contributed by atoms with van der Waals surface area (Å²) in [4.78, 5) is 16.1. The highest BCUT2D eigenvalue weighted by molar-refractivity contribution is 14.1. The normalized spacial score (nSPS) is 10.8. The molecule has 0 saturated carbocycles. The monoisotopic (exact) mass is 1340 g/mol. The van der Waals surface area contributed by atoms with Gasteiger partial charge in [-0.3, -0.25) is 0 Å². The van der Waals surface area contributed by atoms with Crippen LogP contribution in [-0.2, 0) is 43.6 Å². The van der Waals surface area contributed by atoms with E-state index >= 15 is 0 Å². The van der Waals surface area contributed by atoms with Gasteiger partial charge in [0, 0.05) is 18.5 Å². The van der Waals surface area contributed by atoms with Crippen molar-refractivity contribution >= 4 is 104 Å². The van der Waals surface area contributed by atoms with E-state index in [1.54, 1.807) is 0 Å². The van der Waals surface area contributed by atoms with E-state index in [1.807, 2.05) is 12.1 Å². The predicted molar refractivity (Wildman–Crippen MR) is 369 cm³/mol. The van der Waals surface area contributed by atoms with Crippen LogP contribution in [0.25, 0.3) is 10.8 Å². The summed E-state index contributed by atoms with van der Waals surface area (Å²) in [7, 11) is -0.241. The number of rotatable bonds is 12. The second-order valence-electron chi connectivity index (χ2n) is 18.6. The van der Waals surface area contributed by atoms with E-state index in [4.69, 9.17) is 11.6 Å². The smallest absolute Gasteiger partial charge is 0.0843 e. The van der Waals surface area contributed by atoms with E-state index in [-0.39, 0.29) is 43.6 Å². The van der Waals surface area contributed by atoms with Gasteiger partial charge in [0.05, 0.1) is 43.6 Å². The Morgan fingerprint density at radius 1 is 0.229 bits per heavy atom. The maximum Gasteiger partial charge on any atom is 0.174 e. The predicted octanol–water partition coefficient (Wildman–Crippen LogP) is 22.3. The molecule has 0 nitrogen and oxygen atoms in total. The lowest BCUT2D eigenvalue weighted by Gasteiger charge is -2.10. The van der Waals surface area contributed by atoms with Gasteiger partial charge in [-0.25, -0.2) is 0 Å². The first-order chi connectivity index (χ1) is 41.0. The number of fused-ring (bicyclic) bond motifs is 1. The first-order valence-corrected chi connectivity index (χ1v) is 34.2. The van der Waals surface area contributed by atoms with E-state index in [1.165, 1.54) is 73.1 Å². The Bertz CT molecular complexity index is 3510. The summed E-state index contributed by atoms with van der Waals surface area (Å²) in [6.45, 7) is 0. The topological polar surface area (TPSA) is 0 Å². The minimum atomic E-state index is -0.0892. The molecule has 0 saturated heterocycles. The summed E-state index contributed by atoms with van der Waals surface area (Å²) < 4.78 is 2.39.